The van der Waals surface area contributed by atoms with Crippen LogP contribution in [0.2, 0.25) is 5.02 Å². The topological polar surface area (TPSA) is 17.1 Å². The van der Waals surface area contributed by atoms with E-state index in [2.05, 4.69) is 0 Å². The number of hydrogen-bond donors (Lipinski definition) is 0. The van der Waals surface area contributed by atoms with Crippen LogP contribution in [0.15, 0.2) is 42.5 Å². The van der Waals surface area contributed by atoms with Crippen molar-refractivity contribution in [3.63, 3.8) is 0 Å². The van der Waals surface area contributed by atoms with Gasteiger partial charge in [0.1, 0.15) is 12.1 Å². The average molecular weight is 291 g/mol. The third-order valence-corrected chi connectivity index (χ3v) is 4.20. The summed E-state index contributed by atoms with van der Waals surface area (Å²) in [6.07, 6.45) is 0.766. The van der Waals surface area contributed by atoms with Crippen molar-refractivity contribution in [1.82, 2.24) is 0 Å². The summed E-state index contributed by atoms with van der Waals surface area (Å²) in [5.74, 6) is -0.253. The summed E-state index contributed by atoms with van der Waals surface area (Å²) in [5, 5.41) is 1.37. The average Bonchev–Trinajstić information content (AvgIpc) is 2.80. The summed E-state index contributed by atoms with van der Waals surface area (Å²) in [6, 6.07) is 11.8. The summed E-state index contributed by atoms with van der Waals surface area (Å²) in [7, 11) is 0. The maximum absolute atomic E-state index is 13.2. The second kappa shape index (κ2) is 4.76. The quantitative estimate of drug-likeness (QED) is 0.595. The van der Waals surface area contributed by atoms with Crippen LogP contribution in [-0.4, -0.2) is 6.29 Å². The molecular weight excluding hydrogens is 283 g/mol. The largest absolute Gasteiger partial charge is 0.298 e. The smallest absolute Gasteiger partial charge is 0.150 e. The standard InChI is InChI=1S/C15H8ClFOS/c16-12-4-9(8-18)3-10(5-12)15-7-11-6-13(17)1-2-14(11)19-15/h1-8H. The van der Waals surface area contributed by atoms with Gasteiger partial charge in [0.15, 0.2) is 0 Å². The molecule has 0 amide bonds. The number of carbonyl (C=O) groups is 1. The fourth-order valence-corrected chi connectivity index (χ4v) is 3.25. The zero-order chi connectivity index (χ0) is 13.4. The highest BCUT2D eigenvalue weighted by Gasteiger charge is 2.07. The molecule has 0 aliphatic carbocycles. The molecular formula is C15H8ClFOS. The third-order valence-electron chi connectivity index (χ3n) is 2.82. The summed E-state index contributed by atoms with van der Waals surface area (Å²) < 4.78 is 14.2. The number of halogens is 2. The van der Waals surface area contributed by atoms with E-state index in [0.29, 0.717) is 10.6 Å². The Morgan fingerprint density at radius 3 is 2.74 bits per heavy atom. The molecule has 0 spiro atoms. The Morgan fingerprint density at radius 1 is 1.11 bits per heavy atom. The number of fused-ring (bicyclic) bond motifs is 1. The summed E-state index contributed by atoms with van der Waals surface area (Å²) >= 11 is 7.53. The number of rotatable bonds is 2. The SMILES string of the molecule is O=Cc1cc(Cl)cc(-c2cc3cc(F)ccc3s2)c1. The van der Waals surface area contributed by atoms with Gasteiger partial charge in [-0.15, -0.1) is 11.3 Å². The maximum atomic E-state index is 13.2. The highest BCUT2D eigenvalue weighted by Crippen LogP contribution is 2.35. The molecule has 0 bridgehead atoms. The van der Waals surface area contributed by atoms with Gasteiger partial charge in [-0.2, -0.15) is 0 Å². The van der Waals surface area contributed by atoms with E-state index in [1.54, 1.807) is 35.6 Å². The minimum absolute atomic E-state index is 0.253. The van der Waals surface area contributed by atoms with E-state index in [9.17, 15) is 9.18 Å². The zero-order valence-corrected chi connectivity index (χ0v) is 11.3. The van der Waals surface area contributed by atoms with Crippen molar-refractivity contribution < 1.29 is 9.18 Å². The molecule has 0 unspecified atom stereocenters. The summed E-state index contributed by atoms with van der Waals surface area (Å²) in [6.45, 7) is 0. The predicted octanol–water partition coefficient (Wildman–Crippen LogP) is 5.17. The van der Waals surface area contributed by atoms with Gasteiger partial charge in [-0.25, -0.2) is 4.39 Å². The van der Waals surface area contributed by atoms with Crippen LogP contribution in [0.4, 0.5) is 4.39 Å². The van der Waals surface area contributed by atoms with Gasteiger partial charge in [-0.1, -0.05) is 11.6 Å². The van der Waals surface area contributed by atoms with Crippen LogP contribution in [0.25, 0.3) is 20.5 Å². The van der Waals surface area contributed by atoms with E-state index in [-0.39, 0.29) is 5.82 Å². The highest BCUT2D eigenvalue weighted by molar-refractivity contribution is 7.22. The van der Waals surface area contributed by atoms with Gasteiger partial charge in [0.2, 0.25) is 0 Å². The minimum Gasteiger partial charge on any atom is -0.298 e. The Hall–Kier alpha value is -1.71. The molecule has 0 atom stereocenters. The Kier molecular flexibility index (Phi) is 3.09. The Morgan fingerprint density at radius 2 is 1.95 bits per heavy atom. The van der Waals surface area contributed by atoms with Crippen LogP contribution in [0, 0.1) is 5.82 Å². The molecule has 4 heteroatoms. The molecule has 2 aromatic carbocycles. The van der Waals surface area contributed by atoms with Crippen molar-refractivity contribution in [3.05, 3.63) is 58.9 Å². The lowest BCUT2D eigenvalue weighted by atomic mass is 10.1. The van der Waals surface area contributed by atoms with E-state index in [1.807, 2.05) is 6.07 Å². The molecule has 0 aliphatic heterocycles. The van der Waals surface area contributed by atoms with E-state index >= 15 is 0 Å². The van der Waals surface area contributed by atoms with Crippen molar-refractivity contribution in [3.8, 4) is 10.4 Å². The minimum atomic E-state index is -0.253. The van der Waals surface area contributed by atoms with E-state index in [0.717, 1.165) is 26.8 Å². The van der Waals surface area contributed by atoms with Crippen molar-refractivity contribution in [1.29, 1.82) is 0 Å². The monoisotopic (exact) mass is 290 g/mol. The normalized spacial score (nSPS) is 10.8. The predicted molar refractivity (Wildman–Crippen MR) is 77.6 cm³/mol. The molecule has 3 rings (SSSR count). The highest BCUT2D eigenvalue weighted by atomic mass is 35.5. The molecule has 3 aromatic rings. The van der Waals surface area contributed by atoms with Crippen LogP contribution in [0.1, 0.15) is 10.4 Å². The number of benzene rings is 2. The molecule has 0 N–H and O–H groups in total. The molecule has 1 nitrogen and oxygen atoms in total. The van der Waals surface area contributed by atoms with Gasteiger partial charge in [0, 0.05) is 20.2 Å². The molecule has 0 saturated carbocycles. The Bertz CT molecular complexity index is 779. The van der Waals surface area contributed by atoms with Crippen LogP contribution >= 0.6 is 22.9 Å². The number of hydrogen-bond acceptors (Lipinski definition) is 2. The molecule has 0 fully saturated rings. The van der Waals surface area contributed by atoms with Crippen LogP contribution in [0.3, 0.4) is 0 Å². The molecule has 94 valence electrons. The zero-order valence-electron chi connectivity index (χ0n) is 9.69. The Balaban J connectivity index is 2.18. The maximum Gasteiger partial charge on any atom is 0.150 e. The van der Waals surface area contributed by atoms with Crippen molar-refractivity contribution >= 4 is 39.3 Å². The fraction of sp³-hybridized carbons (Fsp3) is 0. The first-order chi connectivity index (χ1) is 9.15. The Labute approximate surface area is 118 Å². The van der Waals surface area contributed by atoms with Crippen molar-refractivity contribution in [2.24, 2.45) is 0 Å². The lowest BCUT2D eigenvalue weighted by Crippen LogP contribution is -1.81. The van der Waals surface area contributed by atoms with Gasteiger partial charge < -0.3 is 0 Å². The molecule has 0 radical (unpaired) electrons. The second-order valence-corrected chi connectivity index (χ2v) is 5.70. The van der Waals surface area contributed by atoms with E-state index in [4.69, 9.17) is 11.6 Å². The van der Waals surface area contributed by atoms with Gasteiger partial charge in [-0.3, -0.25) is 4.79 Å². The number of aldehydes is 1. The summed E-state index contributed by atoms with van der Waals surface area (Å²) in [4.78, 5) is 11.8. The lowest BCUT2D eigenvalue weighted by Gasteiger charge is -2.00. The van der Waals surface area contributed by atoms with Crippen molar-refractivity contribution in [2.75, 3.05) is 0 Å². The van der Waals surface area contributed by atoms with Gasteiger partial charge >= 0.3 is 0 Å². The summed E-state index contributed by atoms with van der Waals surface area (Å²) in [5.41, 5.74) is 1.40. The molecule has 19 heavy (non-hydrogen) atoms. The first-order valence-electron chi connectivity index (χ1n) is 5.61. The lowest BCUT2D eigenvalue weighted by molar-refractivity contribution is 0.112. The van der Waals surface area contributed by atoms with Crippen molar-refractivity contribution in [2.45, 2.75) is 0 Å². The van der Waals surface area contributed by atoms with E-state index < -0.39 is 0 Å². The molecule has 0 aliphatic rings. The van der Waals surface area contributed by atoms with Crippen LogP contribution in [-0.2, 0) is 0 Å². The van der Waals surface area contributed by atoms with Gasteiger partial charge in [-0.05, 0) is 53.4 Å². The van der Waals surface area contributed by atoms with E-state index in [1.165, 1.54) is 12.1 Å². The van der Waals surface area contributed by atoms with Crippen LogP contribution < -0.4 is 0 Å². The first-order valence-corrected chi connectivity index (χ1v) is 6.80. The van der Waals surface area contributed by atoms with Gasteiger partial charge in [0.05, 0.1) is 0 Å². The molecule has 1 aromatic heterocycles. The molecule has 0 saturated heterocycles. The fourth-order valence-electron chi connectivity index (χ4n) is 1.98. The second-order valence-electron chi connectivity index (χ2n) is 4.18. The molecule has 1 heterocycles. The number of carbonyl (C=O) groups excluding carboxylic acids is 1. The van der Waals surface area contributed by atoms with Gasteiger partial charge in [0.25, 0.3) is 0 Å². The third kappa shape index (κ3) is 2.39. The number of thiophene rings is 1. The first kappa shape index (κ1) is 12.3. The van der Waals surface area contributed by atoms with Crippen LogP contribution in [0.5, 0.6) is 0 Å².